The van der Waals surface area contributed by atoms with Crippen molar-refractivity contribution in [2.75, 3.05) is 5.32 Å². The molecule has 0 unspecified atom stereocenters. The fraction of sp³-hybridized carbons (Fsp3) is 0.182. The Hall–Kier alpha value is -3.73. The van der Waals surface area contributed by atoms with Crippen LogP contribution in [0, 0.1) is 11.8 Å². The second-order valence-corrected chi connectivity index (χ2v) is 6.59. The number of hydrogen-bond donors (Lipinski definition) is 2. The Balaban J connectivity index is 1.89. The lowest BCUT2D eigenvalue weighted by Crippen LogP contribution is -2.13. The molecule has 0 radical (unpaired) electrons. The summed E-state index contributed by atoms with van der Waals surface area (Å²) in [5.41, 5.74) is 0.348. The zero-order valence-corrected chi connectivity index (χ0v) is 16.2. The molecule has 0 fully saturated rings. The summed E-state index contributed by atoms with van der Waals surface area (Å²) >= 11 is 0. The Morgan fingerprint density at radius 1 is 1.17 bits per heavy atom. The monoisotopic (exact) mass is 413 g/mol. The van der Waals surface area contributed by atoms with E-state index in [4.69, 9.17) is 4.74 Å². The normalized spacial score (nSPS) is 11.0. The number of aromatic amines is 1. The van der Waals surface area contributed by atoms with Crippen molar-refractivity contribution in [2.45, 2.75) is 26.1 Å². The highest BCUT2D eigenvalue weighted by molar-refractivity contribution is 6.05. The SMILES string of the molecule is CC(C)Oc1ccc(-c2ncc(C(F)(F)F)[nH]2)cc1NC(=O)C#Cc1ccccc1. The Bertz CT molecular complexity index is 1090. The molecule has 0 bridgehead atoms. The molecule has 154 valence electrons. The molecule has 5 nitrogen and oxygen atoms in total. The molecule has 2 aromatic carbocycles. The van der Waals surface area contributed by atoms with Crippen LogP contribution in [-0.4, -0.2) is 22.0 Å². The molecular formula is C22H18F3N3O2. The van der Waals surface area contributed by atoms with E-state index < -0.39 is 17.8 Å². The Morgan fingerprint density at radius 3 is 2.53 bits per heavy atom. The number of carbonyl (C=O) groups is 1. The molecule has 0 saturated heterocycles. The van der Waals surface area contributed by atoms with Crippen molar-refractivity contribution in [1.82, 2.24) is 9.97 Å². The summed E-state index contributed by atoms with van der Waals surface area (Å²) in [6.45, 7) is 3.63. The standard InChI is InChI=1S/C22H18F3N3O2/c1-14(2)30-18-10-9-16(21-26-13-19(28-21)22(23,24)25)12-17(18)27-20(29)11-8-15-6-4-3-5-7-15/h3-7,9-10,12-14H,1-2H3,(H,26,28)(H,27,29). The lowest BCUT2D eigenvalue weighted by molar-refractivity contribution is -0.140. The number of aromatic nitrogens is 2. The van der Waals surface area contributed by atoms with Crippen molar-refractivity contribution in [1.29, 1.82) is 0 Å². The van der Waals surface area contributed by atoms with Crippen molar-refractivity contribution < 1.29 is 22.7 Å². The first kappa shape index (κ1) is 21.0. The second-order valence-electron chi connectivity index (χ2n) is 6.59. The minimum atomic E-state index is -4.53. The van der Waals surface area contributed by atoms with Crippen LogP contribution in [0.1, 0.15) is 25.1 Å². The van der Waals surface area contributed by atoms with Crippen LogP contribution >= 0.6 is 0 Å². The highest BCUT2D eigenvalue weighted by atomic mass is 19.4. The average Bonchev–Trinajstić information content (AvgIpc) is 3.19. The number of rotatable bonds is 4. The first-order chi connectivity index (χ1) is 14.2. The predicted molar refractivity (Wildman–Crippen MR) is 107 cm³/mol. The van der Waals surface area contributed by atoms with Gasteiger partial charge in [0.15, 0.2) is 0 Å². The summed E-state index contributed by atoms with van der Waals surface area (Å²) in [6, 6.07) is 13.6. The summed E-state index contributed by atoms with van der Waals surface area (Å²) < 4.78 is 44.2. The average molecular weight is 413 g/mol. The minimum absolute atomic E-state index is 0.0179. The van der Waals surface area contributed by atoms with Gasteiger partial charge in [0.1, 0.15) is 17.3 Å². The molecule has 1 aromatic heterocycles. The van der Waals surface area contributed by atoms with Crippen LogP contribution in [0.25, 0.3) is 11.4 Å². The van der Waals surface area contributed by atoms with Crippen LogP contribution in [0.3, 0.4) is 0 Å². The van der Waals surface area contributed by atoms with Gasteiger partial charge < -0.3 is 15.0 Å². The first-order valence-electron chi connectivity index (χ1n) is 9.03. The van der Waals surface area contributed by atoms with E-state index >= 15 is 0 Å². The molecule has 0 aliphatic carbocycles. The molecule has 1 heterocycles. The molecule has 30 heavy (non-hydrogen) atoms. The van der Waals surface area contributed by atoms with Crippen molar-refractivity contribution >= 4 is 11.6 Å². The van der Waals surface area contributed by atoms with E-state index in [-0.39, 0.29) is 17.6 Å². The maximum Gasteiger partial charge on any atom is 0.432 e. The van der Waals surface area contributed by atoms with Gasteiger partial charge in [-0.2, -0.15) is 13.2 Å². The first-order valence-corrected chi connectivity index (χ1v) is 9.03. The predicted octanol–water partition coefficient (Wildman–Crippen LogP) is 4.87. The number of anilines is 1. The number of H-pyrrole nitrogens is 1. The third-order valence-electron chi connectivity index (χ3n) is 3.84. The van der Waals surface area contributed by atoms with Gasteiger partial charge in [0.05, 0.1) is 18.0 Å². The van der Waals surface area contributed by atoms with E-state index in [1.54, 1.807) is 36.4 Å². The lowest BCUT2D eigenvalue weighted by Gasteiger charge is -2.15. The van der Waals surface area contributed by atoms with Gasteiger partial charge in [-0.1, -0.05) is 24.1 Å². The minimum Gasteiger partial charge on any atom is -0.489 e. The number of imidazole rings is 1. The van der Waals surface area contributed by atoms with Crippen molar-refractivity contribution in [2.24, 2.45) is 0 Å². The number of hydrogen-bond acceptors (Lipinski definition) is 3. The maximum atomic E-state index is 12.8. The van der Waals surface area contributed by atoms with Gasteiger partial charge in [0.25, 0.3) is 0 Å². The summed E-state index contributed by atoms with van der Waals surface area (Å²) in [5.74, 6) is 5.03. The number of ether oxygens (including phenoxy) is 1. The van der Waals surface area contributed by atoms with Gasteiger partial charge in [-0.05, 0) is 44.2 Å². The van der Waals surface area contributed by atoms with Gasteiger partial charge >= 0.3 is 12.1 Å². The fourth-order valence-electron chi connectivity index (χ4n) is 2.55. The summed E-state index contributed by atoms with van der Waals surface area (Å²) in [6.07, 6.45) is -3.99. The zero-order chi connectivity index (χ0) is 21.7. The highest BCUT2D eigenvalue weighted by Crippen LogP contribution is 2.33. The van der Waals surface area contributed by atoms with Gasteiger partial charge in [-0.3, -0.25) is 4.79 Å². The number of nitrogens with one attached hydrogen (secondary N) is 2. The molecule has 3 aromatic rings. The van der Waals surface area contributed by atoms with Crippen LogP contribution in [0.15, 0.2) is 54.7 Å². The number of amides is 1. The number of alkyl halides is 3. The van der Waals surface area contributed by atoms with E-state index in [9.17, 15) is 18.0 Å². The molecule has 0 aliphatic rings. The summed E-state index contributed by atoms with van der Waals surface area (Å²) in [5, 5.41) is 2.63. The van der Waals surface area contributed by atoms with Crippen LogP contribution in [-0.2, 0) is 11.0 Å². The number of benzene rings is 2. The number of halogens is 3. The third-order valence-corrected chi connectivity index (χ3v) is 3.84. The van der Waals surface area contributed by atoms with Crippen LogP contribution < -0.4 is 10.1 Å². The second kappa shape index (κ2) is 8.74. The van der Waals surface area contributed by atoms with Gasteiger partial charge in [-0.15, -0.1) is 0 Å². The Labute approximate surface area is 171 Å². The topological polar surface area (TPSA) is 67.0 Å². The van der Waals surface area contributed by atoms with Crippen LogP contribution in [0.4, 0.5) is 18.9 Å². The van der Waals surface area contributed by atoms with E-state index in [1.807, 2.05) is 19.9 Å². The van der Waals surface area contributed by atoms with E-state index in [1.165, 1.54) is 6.07 Å². The smallest absolute Gasteiger partial charge is 0.432 e. The molecule has 0 aliphatic heterocycles. The van der Waals surface area contributed by atoms with Crippen molar-refractivity contribution in [3.8, 4) is 29.0 Å². The van der Waals surface area contributed by atoms with Gasteiger partial charge in [-0.25, -0.2) is 4.98 Å². The molecule has 0 saturated carbocycles. The Kier molecular flexibility index (Phi) is 6.11. The molecule has 8 heteroatoms. The van der Waals surface area contributed by atoms with Crippen molar-refractivity contribution in [3.63, 3.8) is 0 Å². The van der Waals surface area contributed by atoms with Crippen molar-refractivity contribution in [3.05, 3.63) is 66.0 Å². The molecular weight excluding hydrogens is 395 g/mol. The lowest BCUT2D eigenvalue weighted by atomic mass is 10.1. The van der Waals surface area contributed by atoms with Gasteiger partial charge in [0, 0.05) is 17.0 Å². The number of nitrogens with zero attached hydrogens (tertiary/aromatic N) is 1. The maximum absolute atomic E-state index is 12.8. The molecule has 2 N–H and O–H groups in total. The molecule has 3 rings (SSSR count). The summed E-state index contributed by atoms with van der Waals surface area (Å²) in [4.78, 5) is 18.3. The van der Waals surface area contributed by atoms with E-state index in [2.05, 4.69) is 27.1 Å². The van der Waals surface area contributed by atoms with Crippen LogP contribution in [0.2, 0.25) is 0 Å². The third kappa shape index (κ3) is 5.41. The Morgan fingerprint density at radius 2 is 1.90 bits per heavy atom. The van der Waals surface area contributed by atoms with E-state index in [0.29, 0.717) is 16.9 Å². The molecule has 0 atom stereocenters. The van der Waals surface area contributed by atoms with E-state index in [0.717, 1.165) is 6.20 Å². The quantitative estimate of drug-likeness (QED) is 0.600. The number of carbonyl (C=O) groups excluding carboxylic acids is 1. The van der Waals surface area contributed by atoms with Gasteiger partial charge in [0.2, 0.25) is 0 Å². The molecule has 1 amide bonds. The highest BCUT2D eigenvalue weighted by Gasteiger charge is 2.33. The summed E-state index contributed by atoms with van der Waals surface area (Å²) in [7, 11) is 0. The largest absolute Gasteiger partial charge is 0.489 e. The molecule has 0 spiro atoms. The zero-order valence-electron chi connectivity index (χ0n) is 16.2. The van der Waals surface area contributed by atoms with Crippen LogP contribution in [0.5, 0.6) is 5.75 Å². The fourth-order valence-corrected chi connectivity index (χ4v) is 2.55.